The minimum Gasteiger partial charge on any atom is -0.379 e. The highest BCUT2D eigenvalue weighted by molar-refractivity contribution is 7.16. The van der Waals surface area contributed by atoms with Crippen LogP contribution >= 0.6 is 22.9 Å². The van der Waals surface area contributed by atoms with Gasteiger partial charge in [0.15, 0.2) is 0 Å². The molecule has 2 heterocycles. The average Bonchev–Trinajstić information content (AvgIpc) is 2.82. The summed E-state index contributed by atoms with van der Waals surface area (Å²) in [5.41, 5.74) is 2.96. The molecule has 0 amide bonds. The van der Waals surface area contributed by atoms with Gasteiger partial charge in [0, 0.05) is 36.0 Å². The van der Waals surface area contributed by atoms with E-state index in [0.717, 1.165) is 37.1 Å². The Morgan fingerprint density at radius 2 is 2.16 bits per heavy atom. The number of thiophene rings is 1. The van der Waals surface area contributed by atoms with E-state index < -0.39 is 0 Å². The van der Waals surface area contributed by atoms with Crippen molar-refractivity contribution in [1.82, 2.24) is 10.3 Å². The van der Waals surface area contributed by atoms with E-state index in [1.807, 2.05) is 6.07 Å². The maximum Gasteiger partial charge on any atom is 0.0931 e. The summed E-state index contributed by atoms with van der Waals surface area (Å²) in [6, 6.07) is 4.20. The van der Waals surface area contributed by atoms with Gasteiger partial charge in [0.1, 0.15) is 0 Å². The quantitative estimate of drug-likeness (QED) is 0.644. The highest BCUT2D eigenvalue weighted by Gasteiger charge is 2.35. The van der Waals surface area contributed by atoms with Gasteiger partial charge in [-0.2, -0.15) is 0 Å². The number of hydrazine groups is 1. The molecule has 1 unspecified atom stereocenters. The van der Waals surface area contributed by atoms with Crippen molar-refractivity contribution >= 4 is 22.9 Å². The molecule has 4 nitrogen and oxygen atoms in total. The van der Waals surface area contributed by atoms with Crippen LogP contribution in [0.1, 0.15) is 18.7 Å². The summed E-state index contributed by atoms with van der Waals surface area (Å²) in [4.78, 5) is 3.70. The average molecular weight is 304 g/mol. The van der Waals surface area contributed by atoms with E-state index >= 15 is 0 Å². The normalized spacial score (nSPS) is 19.6. The van der Waals surface area contributed by atoms with Gasteiger partial charge >= 0.3 is 0 Å². The number of hydrogen-bond donors (Lipinski definition) is 2. The Morgan fingerprint density at radius 3 is 2.68 bits per heavy atom. The van der Waals surface area contributed by atoms with Crippen LogP contribution in [0.2, 0.25) is 4.34 Å². The molecule has 1 fully saturated rings. The highest BCUT2D eigenvalue weighted by Crippen LogP contribution is 2.27. The number of nitrogens with two attached hydrogens (primary N) is 1. The lowest BCUT2D eigenvalue weighted by atomic mass is 9.89. The van der Waals surface area contributed by atoms with Crippen molar-refractivity contribution in [1.29, 1.82) is 0 Å². The van der Waals surface area contributed by atoms with E-state index in [9.17, 15) is 0 Å². The molecule has 1 saturated heterocycles. The van der Waals surface area contributed by atoms with Crippen LogP contribution in [0.15, 0.2) is 12.1 Å². The molecule has 0 spiro atoms. The van der Waals surface area contributed by atoms with Gasteiger partial charge in [-0.1, -0.05) is 11.6 Å². The van der Waals surface area contributed by atoms with Gasteiger partial charge in [-0.3, -0.25) is 16.2 Å². The molecule has 1 aliphatic heterocycles. The minimum atomic E-state index is -0.0189. The molecule has 0 radical (unpaired) electrons. The fourth-order valence-electron chi connectivity index (χ4n) is 2.54. The first-order valence-electron chi connectivity index (χ1n) is 6.57. The van der Waals surface area contributed by atoms with Crippen molar-refractivity contribution in [2.24, 2.45) is 5.84 Å². The van der Waals surface area contributed by atoms with Crippen LogP contribution < -0.4 is 11.3 Å². The molecule has 1 atom stereocenters. The molecule has 0 aliphatic carbocycles. The monoisotopic (exact) mass is 303 g/mol. The van der Waals surface area contributed by atoms with Crippen LogP contribution in [0.3, 0.4) is 0 Å². The lowest BCUT2D eigenvalue weighted by molar-refractivity contribution is -0.0232. The summed E-state index contributed by atoms with van der Waals surface area (Å²) in [6.07, 6.45) is 0.887. The summed E-state index contributed by atoms with van der Waals surface area (Å²) in [5.74, 6) is 5.78. The molecule has 3 N–H and O–H groups in total. The third-order valence-electron chi connectivity index (χ3n) is 3.91. The highest BCUT2D eigenvalue weighted by atomic mass is 35.5. The fourth-order valence-corrected chi connectivity index (χ4v) is 3.67. The van der Waals surface area contributed by atoms with Crippen molar-refractivity contribution < 1.29 is 4.74 Å². The molecular formula is C13H22ClN3OS. The molecule has 108 valence electrons. The molecule has 19 heavy (non-hydrogen) atoms. The van der Waals surface area contributed by atoms with E-state index in [2.05, 4.69) is 30.2 Å². The first-order valence-corrected chi connectivity index (χ1v) is 7.76. The SMILES string of the molecule is CC(C)(C(Cc1ccc(Cl)s1)NN)N1CCOCC1. The third-order valence-corrected chi connectivity index (χ3v) is 5.17. The smallest absolute Gasteiger partial charge is 0.0931 e. The summed E-state index contributed by atoms with van der Waals surface area (Å²) in [7, 11) is 0. The molecule has 6 heteroatoms. The van der Waals surface area contributed by atoms with Gasteiger partial charge in [0.25, 0.3) is 0 Å². The van der Waals surface area contributed by atoms with E-state index in [-0.39, 0.29) is 11.6 Å². The summed E-state index contributed by atoms with van der Waals surface area (Å²) in [5, 5.41) is 0. The van der Waals surface area contributed by atoms with Crippen molar-refractivity contribution in [2.45, 2.75) is 31.8 Å². The largest absolute Gasteiger partial charge is 0.379 e. The molecular weight excluding hydrogens is 282 g/mol. The maximum atomic E-state index is 5.99. The minimum absolute atomic E-state index is 0.0189. The first-order chi connectivity index (χ1) is 9.04. The number of halogens is 1. The van der Waals surface area contributed by atoms with Gasteiger partial charge in [-0.15, -0.1) is 11.3 Å². The van der Waals surface area contributed by atoms with Crippen LogP contribution in [0, 0.1) is 0 Å². The van der Waals surface area contributed by atoms with Gasteiger partial charge < -0.3 is 4.74 Å². The summed E-state index contributed by atoms with van der Waals surface area (Å²) in [6.45, 7) is 7.97. The molecule has 2 rings (SSSR count). The Labute approximate surface area is 123 Å². The fraction of sp³-hybridized carbons (Fsp3) is 0.692. The first kappa shape index (κ1) is 15.2. The van der Waals surface area contributed by atoms with Crippen molar-refractivity contribution in [2.75, 3.05) is 26.3 Å². The number of nitrogens with one attached hydrogen (secondary N) is 1. The lowest BCUT2D eigenvalue weighted by Gasteiger charge is -2.45. The summed E-state index contributed by atoms with van der Waals surface area (Å²) < 4.78 is 6.25. The van der Waals surface area contributed by atoms with Gasteiger partial charge in [0.05, 0.1) is 17.6 Å². The number of ether oxygens (including phenoxy) is 1. The third kappa shape index (κ3) is 3.68. The van der Waals surface area contributed by atoms with Gasteiger partial charge in [-0.25, -0.2) is 0 Å². The van der Waals surface area contributed by atoms with E-state index in [1.165, 1.54) is 4.88 Å². The predicted molar refractivity (Wildman–Crippen MR) is 80.6 cm³/mol. The predicted octanol–water partition coefficient (Wildman–Crippen LogP) is 1.89. The van der Waals surface area contributed by atoms with Crippen molar-refractivity contribution in [3.63, 3.8) is 0 Å². The number of hydrogen-bond acceptors (Lipinski definition) is 5. The zero-order valence-electron chi connectivity index (χ0n) is 11.5. The van der Waals surface area contributed by atoms with Crippen LogP contribution in [0.4, 0.5) is 0 Å². The Bertz CT molecular complexity index is 404. The van der Waals surface area contributed by atoms with Crippen molar-refractivity contribution in [3.8, 4) is 0 Å². The van der Waals surface area contributed by atoms with Gasteiger partial charge in [-0.05, 0) is 26.0 Å². The number of rotatable bonds is 5. The van der Waals surface area contributed by atoms with Crippen LogP contribution in [-0.4, -0.2) is 42.8 Å². The van der Waals surface area contributed by atoms with E-state index in [4.69, 9.17) is 22.2 Å². The molecule has 1 aliphatic rings. The standard InChI is InChI=1S/C13H22ClN3OS/c1-13(2,17-5-7-18-8-6-17)11(16-15)9-10-3-4-12(14)19-10/h3-4,11,16H,5-9,15H2,1-2H3. The van der Waals surface area contributed by atoms with Crippen LogP contribution in [-0.2, 0) is 11.2 Å². The van der Waals surface area contributed by atoms with Crippen LogP contribution in [0.25, 0.3) is 0 Å². The second-order valence-electron chi connectivity index (χ2n) is 5.38. The van der Waals surface area contributed by atoms with Crippen LogP contribution in [0.5, 0.6) is 0 Å². The van der Waals surface area contributed by atoms with E-state index in [1.54, 1.807) is 11.3 Å². The zero-order chi connectivity index (χ0) is 13.9. The molecule has 0 bridgehead atoms. The topological polar surface area (TPSA) is 50.5 Å². The molecule has 0 aromatic carbocycles. The maximum absolute atomic E-state index is 5.99. The Morgan fingerprint density at radius 1 is 1.47 bits per heavy atom. The van der Waals surface area contributed by atoms with E-state index in [0.29, 0.717) is 0 Å². The zero-order valence-corrected chi connectivity index (χ0v) is 13.1. The Hall–Kier alpha value is -0.170. The van der Waals surface area contributed by atoms with Gasteiger partial charge in [0.2, 0.25) is 0 Å². The molecule has 0 saturated carbocycles. The Balaban J connectivity index is 2.06. The lowest BCUT2D eigenvalue weighted by Crippen LogP contribution is -2.62. The Kier molecular flexibility index (Phi) is 5.22. The second kappa shape index (κ2) is 6.52. The molecule has 1 aromatic rings. The van der Waals surface area contributed by atoms with Crippen molar-refractivity contribution in [3.05, 3.63) is 21.3 Å². The second-order valence-corrected chi connectivity index (χ2v) is 7.18. The number of nitrogens with zero attached hydrogens (tertiary/aromatic N) is 1. The molecule has 1 aromatic heterocycles. The number of morpholine rings is 1. The summed E-state index contributed by atoms with van der Waals surface area (Å²) >= 11 is 7.61.